The molecule has 1 heterocycles. The summed E-state index contributed by atoms with van der Waals surface area (Å²) in [7, 11) is 1.47. The third-order valence-corrected chi connectivity index (χ3v) is 3.47. The van der Waals surface area contributed by atoms with Gasteiger partial charge in [0.05, 0.1) is 13.2 Å². The summed E-state index contributed by atoms with van der Waals surface area (Å²) in [5.74, 6) is -0.0384. The van der Waals surface area contributed by atoms with Crippen molar-refractivity contribution in [2.24, 2.45) is 5.73 Å². The number of nitrogens with zero attached hydrogens (tertiary/aromatic N) is 1. The second kappa shape index (κ2) is 5.02. The molecule has 17 heavy (non-hydrogen) atoms. The van der Waals surface area contributed by atoms with Crippen LogP contribution in [0, 0.1) is 5.82 Å². The van der Waals surface area contributed by atoms with Gasteiger partial charge >= 0.3 is 0 Å². The highest BCUT2D eigenvalue weighted by atomic mass is 19.1. The lowest BCUT2D eigenvalue weighted by Gasteiger charge is -2.26. The van der Waals surface area contributed by atoms with Crippen LogP contribution in [0.1, 0.15) is 24.9 Å². The van der Waals surface area contributed by atoms with Crippen LogP contribution >= 0.6 is 0 Å². The average molecular weight is 238 g/mol. The summed E-state index contributed by atoms with van der Waals surface area (Å²) < 4.78 is 18.6. The van der Waals surface area contributed by atoms with Gasteiger partial charge in [-0.3, -0.25) is 4.90 Å². The number of hydrogen-bond acceptors (Lipinski definition) is 3. The number of benzene rings is 1. The molecule has 1 fully saturated rings. The lowest BCUT2D eigenvalue weighted by atomic mass is 10.0. The summed E-state index contributed by atoms with van der Waals surface area (Å²) >= 11 is 0. The fourth-order valence-corrected chi connectivity index (χ4v) is 2.56. The number of likely N-dealkylation sites (tertiary alicyclic amines) is 1. The van der Waals surface area contributed by atoms with Crippen LogP contribution in [0.3, 0.4) is 0 Å². The van der Waals surface area contributed by atoms with Crippen molar-refractivity contribution in [2.75, 3.05) is 20.2 Å². The highest BCUT2D eigenvalue weighted by molar-refractivity contribution is 5.32. The summed E-state index contributed by atoms with van der Waals surface area (Å²) in [6, 6.07) is 5.32. The van der Waals surface area contributed by atoms with Crippen LogP contribution in [-0.2, 0) is 0 Å². The zero-order valence-electron chi connectivity index (χ0n) is 10.3. The van der Waals surface area contributed by atoms with Crippen molar-refractivity contribution in [2.45, 2.75) is 25.4 Å². The molecule has 0 amide bonds. The summed E-state index contributed by atoms with van der Waals surface area (Å²) in [6.07, 6.45) is 0.964. The molecule has 0 saturated carbocycles. The van der Waals surface area contributed by atoms with E-state index >= 15 is 0 Å². The molecule has 2 unspecified atom stereocenters. The first-order valence-corrected chi connectivity index (χ1v) is 6.00. The Morgan fingerprint density at radius 1 is 1.53 bits per heavy atom. The molecule has 1 aliphatic rings. The minimum absolute atomic E-state index is 0.0859. The van der Waals surface area contributed by atoms with E-state index in [0.717, 1.165) is 25.1 Å². The lowest BCUT2D eigenvalue weighted by molar-refractivity contribution is 0.260. The first kappa shape index (κ1) is 12.3. The van der Waals surface area contributed by atoms with Gasteiger partial charge < -0.3 is 10.5 Å². The molecule has 0 radical (unpaired) electrons. The Kier molecular flexibility index (Phi) is 3.64. The zero-order chi connectivity index (χ0) is 12.4. The van der Waals surface area contributed by atoms with Gasteiger partial charge in [0.2, 0.25) is 0 Å². The van der Waals surface area contributed by atoms with Gasteiger partial charge in [0.25, 0.3) is 0 Å². The summed E-state index contributed by atoms with van der Waals surface area (Å²) in [5, 5.41) is 0. The molecule has 2 N–H and O–H groups in total. The van der Waals surface area contributed by atoms with E-state index in [1.807, 2.05) is 6.07 Å². The molecule has 0 bridgehead atoms. The van der Waals surface area contributed by atoms with Gasteiger partial charge in [-0.25, -0.2) is 4.39 Å². The molecular formula is C13H19FN2O. The van der Waals surface area contributed by atoms with Gasteiger partial charge in [0, 0.05) is 12.6 Å². The van der Waals surface area contributed by atoms with E-state index in [0.29, 0.717) is 0 Å². The Balaban J connectivity index is 2.29. The summed E-state index contributed by atoms with van der Waals surface area (Å²) in [5.41, 5.74) is 7.04. The van der Waals surface area contributed by atoms with E-state index in [1.165, 1.54) is 13.2 Å². The van der Waals surface area contributed by atoms with E-state index in [2.05, 4.69) is 11.8 Å². The van der Waals surface area contributed by atoms with Crippen LogP contribution in [0.25, 0.3) is 0 Å². The fraction of sp³-hybridized carbons (Fsp3) is 0.538. The van der Waals surface area contributed by atoms with Gasteiger partial charge in [0.15, 0.2) is 11.6 Å². The summed E-state index contributed by atoms with van der Waals surface area (Å²) in [4.78, 5) is 2.28. The molecule has 3 nitrogen and oxygen atoms in total. The van der Waals surface area contributed by atoms with Crippen molar-refractivity contribution in [1.82, 2.24) is 4.90 Å². The molecule has 0 aliphatic carbocycles. The van der Waals surface area contributed by atoms with Crippen LogP contribution in [0.2, 0.25) is 0 Å². The summed E-state index contributed by atoms with van der Waals surface area (Å²) in [6.45, 7) is 4.02. The molecule has 1 aromatic rings. The molecule has 0 aromatic heterocycles. The molecule has 2 atom stereocenters. The van der Waals surface area contributed by atoms with E-state index in [-0.39, 0.29) is 23.7 Å². The molecule has 0 spiro atoms. The molecular weight excluding hydrogens is 219 g/mol. The minimum atomic E-state index is -0.319. The number of methoxy groups -OCH3 is 1. The number of nitrogens with two attached hydrogens (primary N) is 1. The molecule has 4 heteroatoms. The van der Waals surface area contributed by atoms with Crippen molar-refractivity contribution in [1.29, 1.82) is 0 Å². The SMILES string of the molecule is CCN1CCC(N)C1c1ccc(OC)c(F)c1. The predicted molar refractivity (Wildman–Crippen MR) is 65.5 cm³/mol. The molecule has 1 saturated heterocycles. The van der Waals surface area contributed by atoms with E-state index in [4.69, 9.17) is 10.5 Å². The number of rotatable bonds is 3. The standard InChI is InChI=1S/C13H19FN2O/c1-3-16-7-6-11(15)13(16)9-4-5-12(17-2)10(14)8-9/h4-5,8,11,13H,3,6-7,15H2,1-2H3. The predicted octanol–water partition coefficient (Wildman–Crippen LogP) is 1.93. The quantitative estimate of drug-likeness (QED) is 0.874. The normalized spacial score (nSPS) is 25.2. The van der Waals surface area contributed by atoms with Gasteiger partial charge in [-0.1, -0.05) is 13.0 Å². The van der Waals surface area contributed by atoms with Gasteiger partial charge in [-0.2, -0.15) is 0 Å². The van der Waals surface area contributed by atoms with Crippen molar-refractivity contribution < 1.29 is 9.13 Å². The third kappa shape index (κ3) is 2.28. The Labute approximate surface area is 101 Å². The second-order valence-electron chi connectivity index (χ2n) is 4.42. The van der Waals surface area contributed by atoms with Crippen LogP contribution in [0.15, 0.2) is 18.2 Å². The number of hydrogen-bond donors (Lipinski definition) is 1. The van der Waals surface area contributed by atoms with E-state index in [9.17, 15) is 4.39 Å². The second-order valence-corrected chi connectivity index (χ2v) is 4.42. The smallest absolute Gasteiger partial charge is 0.165 e. The van der Waals surface area contributed by atoms with Gasteiger partial charge in [-0.15, -0.1) is 0 Å². The Bertz CT molecular complexity index is 397. The van der Waals surface area contributed by atoms with Crippen molar-refractivity contribution in [3.8, 4) is 5.75 Å². The molecule has 1 aromatic carbocycles. The number of halogens is 1. The van der Waals surface area contributed by atoms with Crippen molar-refractivity contribution in [3.63, 3.8) is 0 Å². The third-order valence-electron chi connectivity index (χ3n) is 3.47. The molecule has 94 valence electrons. The largest absolute Gasteiger partial charge is 0.494 e. The van der Waals surface area contributed by atoms with Crippen LogP contribution in [0.4, 0.5) is 4.39 Å². The van der Waals surface area contributed by atoms with Crippen molar-refractivity contribution in [3.05, 3.63) is 29.6 Å². The topological polar surface area (TPSA) is 38.5 Å². The van der Waals surface area contributed by atoms with Crippen molar-refractivity contribution >= 4 is 0 Å². The maximum Gasteiger partial charge on any atom is 0.165 e. The maximum absolute atomic E-state index is 13.7. The highest BCUT2D eigenvalue weighted by Gasteiger charge is 2.32. The monoisotopic (exact) mass is 238 g/mol. The van der Waals surface area contributed by atoms with Crippen LogP contribution in [0.5, 0.6) is 5.75 Å². The highest BCUT2D eigenvalue weighted by Crippen LogP contribution is 2.32. The van der Waals surface area contributed by atoms with Crippen LogP contribution in [-0.4, -0.2) is 31.1 Å². The average Bonchev–Trinajstić information content (AvgIpc) is 2.70. The Morgan fingerprint density at radius 3 is 2.88 bits per heavy atom. The Hall–Kier alpha value is -1.13. The molecule has 1 aliphatic heterocycles. The fourth-order valence-electron chi connectivity index (χ4n) is 2.56. The van der Waals surface area contributed by atoms with Gasteiger partial charge in [-0.05, 0) is 30.7 Å². The Morgan fingerprint density at radius 2 is 2.29 bits per heavy atom. The van der Waals surface area contributed by atoms with Crippen LogP contribution < -0.4 is 10.5 Å². The zero-order valence-corrected chi connectivity index (χ0v) is 10.3. The lowest BCUT2D eigenvalue weighted by Crippen LogP contribution is -2.31. The van der Waals surface area contributed by atoms with Gasteiger partial charge in [0.1, 0.15) is 0 Å². The first-order chi connectivity index (χ1) is 8.17. The molecule has 2 rings (SSSR count). The number of ether oxygens (including phenoxy) is 1. The number of likely N-dealkylation sites (N-methyl/N-ethyl adjacent to an activating group) is 1. The minimum Gasteiger partial charge on any atom is -0.494 e. The van der Waals surface area contributed by atoms with E-state index < -0.39 is 0 Å². The first-order valence-electron chi connectivity index (χ1n) is 6.00. The van der Waals surface area contributed by atoms with E-state index in [1.54, 1.807) is 6.07 Å². The maximum atomic E-state index is 13.7.